The van der Waals surface area contributed by atoms with Crippen molar-refractivity contribution >= 4 is 18.3 Å². The normalized spacial score (nSPS) is 11.4. The third-order valence-electron chi connectivity index (χ3n) is 4.44. The molecule has 2 nitrogen and oxygen atoms in total. The van der Waals surface area contributed by atoms with Gasteiger partial charge in [-0.05, 0) is 67.6 Å². The first-order valence-electron chi connectivity index (χ1n) is 7.97. The molecular formula is C18H21BF4N2. The van der Waals surface area contributed by atoms with Crippen LogP contribution < -0.4 is 4.57 Å². The number of hydrogen-bond donors (Lipinski definition) is 1. The fourth-order valence-corrected chi connectivity index (χ4v) is 2.90. The zero-order valence-electron chi connectivity index (χ0n) is 14.7. The highest BCUT2D eigenvalue weighted by atomic mass is 19.5. The Morgan fingerprint density at radius 3 is 2.00 bits per heavy atom. The molecule has 1 N–H and O–H groups in total. The first-order chi connectivity index (χ1) is 11.6. The van der Waals surface area contributed by atoms with Crippen LogP contribution >= 0.6 is 0 Å². The Hall–Kier alpha value is -2.31. The summed E-state index contributed by atoms with van der Waals surface area (Å²) in [4.78, 5) is 3.34. The zero-order chi connectivity index (χ0) is 18.8. The van der Waals surface area contributed by atoms with Crippen molar-refractivity contribution in [1.82, 2.24) is 4.98 Å². The summed E-state index contributed by atoms with van der Waals surface area (Å²) in [6.07, 6.45) is 2.07. The van der Waals surface area contributed by atoms with E-state index in [4.69, 9.17) is 0 Å². The Morgan fingerprint density at radius 1 is 0.920 bits per heavy atom. The minimum Gasteiger partial charge on any atom is -0.418 e. The molecule has 0 saturated carbocycles. The Kier molecular flexibility index (Phi) is 5.55. The summed E-state index contributed by atoms with van der Waals surface area (Å²) in [5, 5.41) is 0. The van der Waals surface area contributed by atoms with E-state index >= 15 is 0 Å². The fourth-order valence-electron chi connectivity index (χ4n) is 2.90. The van der Waals surface area contributed by atoms with Gasteiger partial charge in [-0.3, -0.25) is 0 Å². The van der Waals surface area contributed by atoms with E-state index in [0.717, 1.165) is 6.54 Å². The number of aryl methyl sites for hydroxylation is 2. The molecule has 3 rings (SSSR count). The van der Waals surface area contributed by atoms with Gasteiger partial charge in [-0.1, -0.05) is 18.2 Å². The number of nitrogens with zero attached hydrogens (tertiary/aromatic N) is 1. The van der Waals surface area contributed by atoms with Crippen molar-refractivity contribution in [1.29, 1.82) is 0 Å². The predicted molar refractivity (Wildman–Crippen MR) is 93.2 cm³/mol. The Bertz CT molecular complexity index is 852. The molecule has 25 heavy (non-hydrogen) atoms. The average Bonchev–Trinajstić information content (AvgIpc) is 2.91. The number of aromatic nitrogens is 2. The van der Waals surface area contributed by atoms with Gasteiger partial charge in [0, 0.05) is 0 Å². The van der Waals surface area contributed by atoms with Gasteiger partial charge in [-0.25, -0.2) is 9.55 Å². The molecule has 0 aliphatic heterocycles. The second kappa shape index (κ2) is 7.29. The molecule has 0 aliphatic carbocycles. The molecule has 1 heterocycles. The number of para-hydroxylation sites is 2. The third-order valence-corrected chi connectivity index (χ3v) is 4.44. The number of H-pyrrole nitrogens is 1. The highest BCUT2D eigenvalue weighted by Gasteiger charge is 2.20. The molecule has 0 unspecified atom stereocenters. The molecule has 0 saturated heterocycles. The first-order valence-corrected chi connectivity index (χ1v) is 7.97. The number of imidazole rings is 1. The van der Waals surface area contributed by atoms with Gasteiger partial charge in [0.1, 0.15) is 6.54 Å². The van der Waals surface area contributed by atoms with Crippen LogP contribution in [0.2, 0.25) is 0 Å². The summed E-state index contributed by atoms with van der Waals surface area (Å²) in [6.45, 7) is 9.78. The molecular weight excluding hydrogens is 331 g/mol. The highest BCUT2D eigenvalue weighted by Crippen LogP contribution is 2.21. The smallest absolute Gasteiger partial charge is 0.418 e. The van der Waals surface area contributed by atoms with Gasteiger partial charge < -0.3 is 17.3 Å². The molecule has 0 radical (unpaired) electrons. The molecule has 0 atom stereocenters. The molecule has 0 bridgehead atoms. The third kappa shape index (κ3) is 4.84. The van der Waals surface area contributed by atoms with Gasteiger partial charge >= 0.3 is 7.25 Å². The molecule has 2 aromatic carbocycles. The highest BCUT2D eigenvalue weighted by molar-refractivity contribution is 6.50. The second-order valence-electron chi connectivity index (χ2n) is 6.15. The second-order valence-corrected chi connectivity index (χ2v) is 6.15. The van der Waals surface area contributed by atoms with E-state index in [0.29, 0.717) is 0 Å². The van der Waals surface area contributed by atoms with E-state index in [1.165, 1.54) is 38.9 Å². The van der Waals surface area contributed by atoms with Crippen LogP contribution in [0.1, 0.15) is 27.8 Å². The van der Waals surface area contributed by atoms with Gasteiger partial charge in [0.25, 0.3) is 0 Å². The molecule has 0 aliphatic rings. The standard InChI is InChI=1S/C18H20N2.BF4/c1-12-9-13(2)15(4)16(14(12)3)10-20-11-19-17-7-5-6-8-18(17)20;2-1(3,4)5/h5-9,11H,10H2,1-4H3;/q;-1/p+1. The Morgan fingerprint density at radius 2 is 1.44 bits per heavy atom. The van der Waals surface area contributed by atoms with Crippen LogP contribution in [-0.2, 0) is 6.54 Å². The quantitative estimate of drug-likeness (QED) is 0.379. The SMILES string of the molecule is Cc1cc(C)c(C)c(C[n+]2c[nH]c3ccccc32)c1C.F[B-](F)(F)F. The topological polar surface area (TPSA) is 19.7 Å². The molecule has 0 spiro atoms. The number of rotatable bonds is 2. The lowest BCUT2D eigenvalue weighted by atomic mass is 9.94. The summed E-state index contributed by atoms with van der Waals surface area (Å²) >= 11 is 0. The fraction of sp³-hybridized carbons (Fsp3) is 0.278. The molecule has 0 amide bonds. The van der Waals surface area contributed by atoms with Gasteiger partial charge in [0.15, 0.2) is 11.0 Å². The van der Waals surface area contributed by atoms with Crippen LogP contribution in [0.25, 0.3) is 11.0 Å². The van der Waals surface area contributed by atoms with Crippen molar-refractivity contribution < 1.29 is 21.8 Å². The van der Waals surface area contributed by atoms with Crippen molar-refractivity contribution in [2.45, 2.75) is 34.2 Å². The minimum atomic E-state index is -6.00. The van der Waals surface area contributed by atoms with Gasteiger partial charge in [0.2, 0.25) is 6.33 Å². The maximum atomic E-state index is 9.75. The molecule has 134 valence electrons. The molecule has 7 heteroatoms. The number of benzene rings is 2. The van der Waals surface area contributed by atoms with Gasteiger partial charge in [-0.2, -0.15) is 0 Å². The van der Waals surface area contributed by atoms with Gasteiger partial charge in [0.05, 0.1) is 0 Å². The summed E-state index contributed by atoms with van der Waals surface area (Å²) in [5.74, 6) is 0. The van der Waals surface area contributed by atoms with Crippen molar-refractivity contribution in [3.63, 3.8) is 0 Å². The largest absolute Gasteiger partial charge is 0.673 e. The van der Waals surface area contributed by atoms with Crippen LogP contribution in [0.4, 0.5) is 17.3 Å². The van der Waals surface area contributed by atoms with Crippen LogP contribution in [0.3, 0.4) is 0 Å². The van der Waals surface area contributed by atoms with E-state index in [9.17, 15) is 17.3 Å². The van der Waals surface area contributed by atoms with Crippen molar-refractivity contribution in [2.75, 3.05) is 0 Å². The average molecular weight is 352 g/mol. The number of nitrogens with one attached hydrogen (secondary N) is 1. The van der Waals surface area contributed by atoms with Gasteiger partial charge in [-0.15, -0.1) is 0 Å². The lowest BCUT2D eigenvalue weighted by Crippen LogP contribution is -2.33. The summed E-state index contributed by atoms with van der Waals surface area (Å²) < 4.78 is 41.3. The lowest BCUT2D eigenvalue weighted by Gasteiger charge is -2.14. The number of fused-ring (bicyclic) bond motifs is 1. The van der Waals surface area contributed by atoms with Crippen LogP contribution in [0, 0.1) is 27.7 Å². The van der Waals surface area contributed by atoms with Crippen molar-refractivity contribution in [3.05, 3.63) is 64.5 Å². The molecule has 3 aromatic rings. The van der Waals surface area contributed by atoms with E-state index in [1.54, 1.807) is 0 Å². The Labute approximate surface area is 144 Å². The predicted octanol–water partition coefficient (Wildman–Crippen LogP) is 5.04. The van der Waals surface area contributed by atoms with Crippen LogP contribution in [0.15, 0.2) is 36.7 Å². The monoisotopic (exact) mass is 352 g/mol. The number of aromatic amines is 1. The van der Waals surface area contributed by atoms with Crippen molar-refractivity contribution in [3.8, 4) is 0 Å². The maximum Gasteiger partial charge on any atom is 0.673 e. The van der Waals surface area contributed by atoms with E-state index in [1.807, 2.05) is 0 Å². The van der Waals surface area contributed by atoms with E-state index in [2.05, 4.69) is 73.9 Å². The summed E-state index contributed by atoms with van der Waals surface area (Å²) in [6, 6.07) is 10.7. The van der Waals surface area contributed by atoms with E-state index < -0.39 is 7.25 Å². The number of halogens is 4. The Balaban J connectivity index is 0.000000399. The molecule has 0 fully saturated rings. The molecule has 1 aromatic heterocycles. The van der Waals surface area contributed by atoms with Crippen LogP contribution in [0.5, 0.6) is 0 Å². The minimum absolute atomic E-state index is 0.921. The maximum absolute atomic E-state index is 9.75. The van der Waals surface area contributed by atoms with E-state index in [-0.39, 0.29) is 0 Å². The van der Waals surface area contributed by atoms with Crippen LogP contribution in [-0.4, -0.2) is 12.2 Å². The first kappa shape index (κ1) is 19.0. The summed E-state index contributed by atoms with van der Waals surface area (Å²) in [7, 11) is -6.00. The number of hydrogen-bond acceptors (Lipinski definition) is 0. The van der Waals surface area contributed by atoms with Crippen molar-refractivity contribution in [2.24, 2.45) is 0 Å². The lowest BCUT2D eigenvalue weighted by molar-refractivity contribution is -0.662. The zero-order valence-corrected chi connectivity index (χ0v) is 14.7. The summed E-state index contributed by atoms with van der Waals surface area (Å²) in [5.41, 5.74) is 9.46.